The molecule has 0 unspecified atom stereocenters. The molecular weight excluding hydrogens is 383 g/mol. The first-order valence-electron chi connectivity index (χ1n) is 8.93. The minimum atomic E-state index is -3.69. The average Bonchev–Trinajstić information content (AvgIpc) is 2.97. The van der Waals surface area contributed by atoms with Crippen molar-refractivity contribution in [2.24, 2.45) is 0 Å². The van der Waals surface area contributed by atoms with Crippen molar-refractivity contribution in [3.63, 3.8) is 0 Å². The summed E-state index contributed by atoms with van der Waals surface area (Å²) in [5.74, 6) is -1.39. The first kappa shape index (κ1) is 20.0. The molecule has 2 aromatic rings. The van der Waals surface area contributed by atoms with Crippen molar-refractivity contribution in [2.45, 2.75) is 31.6 Å². The highest BCUT2D eigenvalue weighted by atomic mass is 32.2. The number of hydrogen-bond acceptors (Lipinski definition) is 4. The van der Waals surface area contributed by atoms with E-state index in [9.17, 15) is 22.4 Å². The predicted molar refractivity (Wildman–Crippen MR) is 105 cm³/mol. The van der Waals surface area contributed by atoms with E-state index in [0.29, 0.717) is 17.7 Å². The monoisotopic (exact) mass is 404 g/mol. The van der Waals surface area contributed by atoms with E-state index < -0.39 is 21.6 Å². The number of hydrogen-bond donors (Lipinski definition) is 1. The van der Waals surface area contributed by atoms with Gasteiger partial charge in [-0.25, -0.2) is 12.8 Å². The van der Waals surface area contributed by atoms with Crippen LogP contribution in [-0.4, -0.2) is 32.5 Å². The average molecular weight is 404 g/mol. The minimum absolute atomic E-state index is 0.0586. The van der Waals surface area contributed by atoms with Crippen LogP contribution in [0, 0.1) is 12.7 Å². The van der Waals surface area contributed by atoms with Gasteiger partial charge in [-0.3, -0.25) is 9.59 Å². The Kier molecular flexibility index (Phi) is 5.51. The second-order valence-corrected chi connectivity index (χ2v) is 8.80. The third kappa shape index (κ3) is 4.06. The quantitative estimate of drug-likeness (QED) is 0.803. The molecule has 0 bridgehead atoms. The Bertz CT molecular complexity index is 1050. The number of carbonyl (C=O) groups is 2. The Morgan fingerprint density at radius 3 is 2.64 bits per heavy atom. The smallest absolute Gasteiger partial charge is 0.231 e. The third-order valence-electron chi connectivity index (χ3n) is 4.71. The highest BCUT2D eigenvalue weighted by Crippen LogP contribution is 2.31. The van der Waals surface area contributed by atoms with Gasteiger partial charge in [0.1, 0.15) is 5.82 Å². The van der Waals surface area contributed by atoms with Crippen LogP contribution >= 0.6 is 0 Å². The van der Waals surface area contributed by atoms with Crippen LogP contribution < -0.4 is 10.2 Å². The largest absolute Gasteiger partial charge is 0.326 e. The number of benzene rings is 2. The number of likely N-dealkylation sites (N-methyl/N-ethyl adjacent to an activating group) is 1. The molecule has 6 nitrogen and oxygen atoms in total. The molecule has 0 fully saturated rings. The first-order chi connectivity index (χ1) is 13.2. The molecule has 0 aliphatic carbocycles. The van der Waals surface area contributed by atoms with Crippen LogP contribution in [-0.2, 0) is 25.8 Å². The number of rotatable bonds is 6. The summed E-state index contributed by atoms with van der Waals surface area (Å²) in [7, 11) is -3.69. The van der Waals surface area contributed by atoms with E-state index in [0.717, 1.165) is 5.69 Å². The summed E-state index contributed by atoms with van der Waals surface area (Å²) < 4.78 is 38.7. The summed E-state index contributed by atoms with van der Waals surface area (Å²) in [6.07, 6.45) is -0.0824. The fourth-order valence-electron chi connectivity index (χ4n) is 3.14. The van der Waals surface area contributed by atoms with Crippen molar-refractivity contribution in [3.05, 3.63) is 53.3 Å². The Morgan fingerprint density at radius 1 is 1.21 bits per heavy atom. The minimum Gasteiger partial charge on any atom is -0.326 e. The van der Waals surface area contributed by atoms with Gasteiger partial charge in [-0.1, -0.05) is 6.07 Å². The number of fused-ring (bicyclic) bond motifs is 1. The van der Waals surface area contributed by atoms with E-state index in [-0.39, 0.29) is 35.1 Å². The summed E-state index contributed by atoms with van der Waals surface area (Å²) >= 11 is 0. The molecule has 8 heteroatoms. The molecule has 0 aromatic heterocycles. The van der Waals surface area contributed by atoms with Gasteiger partial charge in [-0.05, 0) is 55.3 Å². The van der Waals surface area contributed by atoms with Crippen molar-refractivity contribution in [3.8, 4) is 0 Å². The van der Waals surface area contributed by atoms with Crippen molar-refractivity contribution in [1.82, 2.24) is 0 Å². The molecule has 1 heterocycles. The number of sulfone groups is 1. The number of halogens is 1. The fourth-order valence-corrected chi connectivity index (χ4v) is 4.43. The van der Waals surface area contributed by atoms with Gasteiger partial charge in [0.2, 0.25) is 11.8 Å². The molecule has 0 spiro atoms. The lowest BCUT2D eigenvalue weighted by molar-refractivity contribution is -0.117. The maximum atomic E-state index is 13.5. The summed E-state index contributed by atoms with van der Waals surface area (Å²) in [5.41, 5.74) is 2.14. The van der Waals surface area contributed by atoms with Gasteiger partial charge in [0.25, 0.3) is 0 Å². The molecule has 3 rings (SSSR count). The van der Waals surface area contributed by atoms with Gasteiger partial charge < -0.3 is 10.2 Å². The van der Waals surface area contributed by atoms with Crippen molar-refractivity contribution in [2.75, 3.05) is 22.5 Å². The van der Waals surface area contributed by atoms with Crippen LogP contribution in [0.2, 0.25) is 0 Å². The van der Waals surface area contributed by atoms with E-state index in [4.69, 9.17) is 0 Å². The highest BCUT2D eigenvalue weighted by Gasteiger charge is 2.28. The Labute approximate surface area is 163 Å². The molecule has 0 atom stereocenters. The van der Waals surface area contributed by atoms with Crippen LogP contribution in [0.15, 0.2) is 41.3 Å². The second kappa shape index (κ2) is 7.71. The van der Waals surface area contributed by atoms with E-state index >= 15 is 0 Å². The van der Waals surface area contributed by atoms with Crippen LogP contribution in [0.3, 0.4) is 0 Å². The van der Waals surface area contributed by atoms with Gasteiger partial charge in [0, 0.05) is 24.3 Å². The number of nitrogens with one attached hydrogen (secondary N) is 1. The topological polar surface area (TPSA) is 83.6 Å². The summed E-state index contributed by atoms with van der Waals surface area (Å²) in [6.45, 7) is 3.99. The van der Waals surface area contributed by atoms with Gasteiger partial charge in [-0.15, -0.1) is 0 Å². The standard InChI is InChI=1S/C20H21FN2O4S/c1-3-23-18-7-6-16(10-14(18)11-20(23)25)28(26,27)9-8-19(24)22-15-5-4-13(2)17(21)12-15/h4-7,10,12H,3,8-9,11H2,1-2H3,(H,22,24). The lowest BCUT2D eigenvalue weighted by Gasteiger charge is -2.14. The molecule has 0 radical (unpaired) electrons. The van der Waals surface area contributed by atoms with E-state index in [1.54, 1.807) is 24.0 Å². The Morgan fingerprint density at radius 2 is 1.96 bits per heavy atom. The maximum absolute atomic E-state index is 13.5. The molecule has 2 aromatic carbocycles. The first-order valence-corrected chi connectivity index (χ1v) is 10.6. The number of aryl methyl sites for hydroxylation is 1. The van der Waals surface area contributed by atoms with Crippen LogP contribution in [0.4, 0.5) is 15.8 Å². The lowest BCUT2D eigenvalue weighted by atomic mass is 10.2. The van der Waals surface area contributed by atoms with E-state index in [1.165, 1.54) is 24.3 Å². The van der Waals surface area contributed by atoms with Crippen molar-refractivity contribution in [1.29, 1.82) is 0 Å². The molecule has 0 saturated heterocycles. The van der Waals surface area contributed by atoms with Gasteiger partial charge in [0.15, 0.2) is 9.84 Å². The Hall–Kier alpha value is -2.74. The zero-order chi connectivity index (χ0) is 20.5. The fraction of sp³-hybridized carbons (Fsp3) is 0.300. The molecule has 148 valence electrons. The maximum Gasteiger partial charge on any atom is 0.231 e. The highest BCUT2D eigenvalue weighted by molar-refractivity contribution is 7.91. The van der Waals surface area contributed by atoms with E-state index in [2.05, 4.69) is 5.32 Å². The molecule has 28 heavy (non-hydrogen) atoms. The number of carbonyl (C=O) groups excluding carboxylic acids is 2. The predicted octanol–water partition coefficient (Wildman–Crippen LogP) is 2.85. The summed E-state index contributed by atoms with van der Waals surface area (Å²) in [6, 6.07) is 8.88. The molecule has 1 N–H and O–H groups in total. The number of amides is 2. The summed E-state index contributed by atoms with van der Waals surface area (Å²) in [4.78, 5) is 25.7. The zero-order valence-corrected chi connectivity index (χ0v) is 16.5. The Balaban J connectivity index is 1.67. The molecule has 0 saturated carbocycles. The van der Waals surface area contributed by atoms with Gasteiger partial charge >= 0.3 is 0 Å². The normalized spacial score (nSPS) is 13.5. The SMILES string of the molecule is CCN1C(=O)Cc2cc(S(=O)(=O)CCC(=O)Nc3ccc(C)c(F)c3)ccc21. The van der Waals surface area contributed by atoms with Crippen LogP contribution in [0.5, 0.6) is 0 Å². The van der Waals surface area contributed by atoms with Gasteiger partial charge in [-0.2, -0.15) is 0 Å². The number of nitrogens with zero attached hydrogens (tertiary/aromatic N) is 1. The molecule has 1 aliphatic heterocycles. The second-order valence-electron chi connectivity index (χ2n) is 6.69. The number of anilines is 2. The molecule has 2 amide bonds. The molecular formula is C20H21FN2O4S. The molecule has 1 aliphatic rings. The third-order valence-corrected chi connectivity index (χ3v) is 6.43. The van der Waals surface area contributed by atoms with Gasteiger partial charge in [0.05, 0.1) is 17.1 Å². The van der Waals surface area contributed by atoms with Crippen LogP contribution in [0.1, 0.15) is 24.5 Å². The van der Waals surface area contributed by atoms with E-state index in [1.807, 2.05) is 6.92 Å². The lowest BCUT2D eigenvalue weighted by Crippen LogP contribution is -2.25. The summed E-state index contributed by atoms with van der Waals surface area (Å²) in [5, 5.41) is 2.50. The van der Waals surface area contributed by atoms with Crippen molar-refractivity contribution < 1.29 is 22.4 Å². The van der Waals surface area contributed by atoms with Crippen molar-refractivity contribution >= 4 is 33.0 Å². The van der Waals surface area contributed by atoms with Crippen LogP contribution in [0.25, 0.3) is 0 Å². The zero-order valence-electron chi connectivity index (χ0n) is 15.7.